The number of guanidine groups is 1. The van der Waals surface area contributed by atoms with Crippen LogP contribution in [0.2, 0.25) is 0 Å². The van der Waals surface area contributed by atoms with Gasteiger partial charge in [-0.1, -0.05) is 24.3 Å². The fraction of sp³-hybridized carbons (Fsp3) is 0.435. The van der Waals surface area contributed by atoms with Crippen LogP contribution < -0.4 is 15.4 Å². The van der Waals surface area contributed by atoms with E-state index in [1.807, 2.05) is 31.2 Å². The molecule has 2 aromatic carbocycles. The lowest BCUT2D eigenvalue weighted by atomic mass is 10.2. The van der Waals surface area contributed by atoms with E-state index in [4.69, 9.17) is 9.47 Å². The molecule has 0 unspecified atom stereocenters. The highest BCUT2D eigenvalue weighted by molar-refractivity contribution is 5.79. The van der Waals surface area contributed by atoms with E-state index < -0.39 is 0 Å². The smallest absolute Gasteiger partial charge is 0.191 e. The van der Waals surface area contributed by atoms with Gasteiger partial charge in [-0.3, -0.25) is 0 Å². The second-order valence-electron chi connectivity index (χ2n) is 6.97. The van der Waals surface area contributed by atoms with Crippen molar-refractivity contribution in [2.75, 3.05) is 47.0 Å². The van der Waals surface area contributed by atoms with Gasteiger partial charge in [0, 0.05) is 33.3 Å². The molecule has 0 aliphatic carbocycles. The summed E-state index contributed by atoms with van der Waals surface area (Å²) in [5.41, 5.74) is 2.06. The molecule has 0 aliphatic heterocycles. The first kappa shape index (κ1) is 23.6. The van der Waals surface area contributed by atoms with Crippen LogP contribution in [0.5, 0.6) is 5.75 Å². The molecule has 164 valence electrons. The number of methoxy groups -OCH3 is 1. The van der Waals surface area contributed by atoms with Gasteiger partial charge in [-0.15, -0.1) is 0 Å². The molecule has 2 N–H and O–H groups in total. The molecule has 0 radical (unpaired) electrons. The molecule has 0 bridgehead atoms. The van der Waals surface area contributed by atoms with E-state index in [1.54, 1.807) is 19.2 Å². The number of nitrogens with zero attached hydrogens (tertiary/aromatic N) is 2. The van der Waals surface area contributed by atoms with Crippen LogP contribution in [0.25, 0.3) is 0 Å². The third kappa shape index (κ3) is 9.24. The standard InChI is InChI=1S/C23H33FN4O2/c1-4-25-23(26-17-19-8-10-21(24)11-9-19)27-18-20-6-5-7-22(16-20)30-15-13-28(2)12-14-29-3/h5-11,16H,4,12-15,17-18H2,1-3H3,(H2,25,26,27). The lowest BCUT2D eigenvalue weighted by molar-refractivity contribution is 0.150. The molecule has 0 amide bonds. The Kier molecular flexibility index (Phi) is 10.7. The fourth-order valence-corrected chi connectivity index (χ4v) is 2.71. The van der Waals surface area contributed by atoms with Crippen LogP contribution >= 0.6 is 0 Å². The second-order valence-corrected chi connectivity index (χ2v) is 6.97. The van der Waals surface area contributed by atoms with Crippen molar-refractivity contribution in [2.45, 2.75) is 20.0 Å². The number of nitrogens with one attached hydrogen (secondary N) is 2. The summed E-state index contributed by atoms with van der Waals surface area (Å²) in [6.45, 7) is 6.94. The fourth-order valence-electron chi connectivity index (χ4n) is 2.71. The molecule has 0 fully saturated rings. The van der Waals surface area contributed by atoms with E-state index in [9.17, 15) is 4.39 Å². The highest BCUT2D eigenvalue weighted by Crippen LogP contribution is 2.14. The predicted molar refractivity (Wildman–Crippen MR) is 119 cm³/mol. The molecule has 0 atom stereocenters. The Morgan fingerprint density at radius 2 is 1.80 bits per heavy atom. The summed E-state index contributed by atoms with van der Waals surface area (Å²) in [6.07, 6.45) is 0. The van der Waals surface area contributed by atoms with E-state index in [0.29, 0.717) is 32.3 Å². The maximum atomic E-state index is 13.0. The van der Waals surface area contributed by atoms with Crippen molar-refractivity contribution in [2.24, 2.45) is 4.99 Å². The summed E-state index contributed by atoms with van der Waals surface area (Å²) in [4.78, 5) is 6.82. The molecule has 2 aromatic rings. The minimum Gasteiger partial charge on any atom is -0.492 e. The average molecular weight is 417 g/mol. The van der Waals surface area contributed by atoms with Gasteiger partial charge in [0.15, 0.2) is 5.96 Å². The predicted octanol–water partition coefficient (Wildman–Crippen LogP) is 3.04. The Bertz CT molecular complexity index is 768. The van der Waals surface area contributed by atoms with Crippen molar-refractivity contribution >= 4 is 5.96 Å². The van der Waals surface area contributed by atoms with Crippen molar-refractivity contribution in [3.63, 3.8) is 0 Å². The first-order valence-corrected chi connectivity index (χ1v) is 10.3. The Morgan fingerprint density at radius 3 is 2.53 bits per heavy atom. The number of ether oxygens (including phenoxy) is 2. The van der Waals surface area contributed by atoms with Gasteiger partial charge in [-0.25, -0.2) is 9.38 Å². The Morgan fingerprint density at radius 1 is 1.03 bits per heavy atom. The maximum absolute atomic E-state index is 13.0. The van der Waals surface area contributed by atoms with E-state index in [2.05, 4.69) is 27.6 Å². The summed E-state index contributed by atoms with van der Waals surface area (Å²) in [6, 6.07) is 14.4. The van der Waals surface area contributed by atoms with Crippen molar-refractivity contribution in [3.05, 3.63) is 65.5 Å². The van der Waals surface area contributed by atoms with Gasteiger partial charge in [0.05, 0.1) is 13.2 Å². The largest absolute Gasteiger partial charge is 0.492 e. The molecule has 30 heavy (non-hydrogen) atoms. The van der Waals surface area contributed by atoms with E-state index >= 15 is 0 Å². The second kappa shape index (κ2) is 13.6. The summed E-state index contributed by atoms with van der Waals surface area (Å²) in [5.74, 6) is 1.32. The number of halogens is 1. The number of aliphatic imine (C=N–C) groups is 1. The third-order valence-electron chi connectivity index (χ3n) is 4.45. The Balaban J connectivity index is 1.85. The molecular formula is C23H33FN4O2. The molecule has 0 spiro atoms. The highest BCUT2D eigenvalue weighted by atomic mass is 19.1. The van der Waals surface area contributed by atoms with Gasteiger partial charge < -0.3 is 25.0 Å². The zero-order valence-corrected chi connectivity index (χ0v) is 18.2. The molecule has 0 aliphatic rings. The van der Waals surface area contributed by atoms with Crippen LogP contribution in [0.15, 0.2) is 53.5 Å². The van der Waals surface area contributed by atoms with E-state index in [-0.39, 0.29) is 5.82 Å². The molecule has 2 rings (SSSR count). The summed E-state index contributed by atoms with van der Waals surface area (Å²) < 4.78 is 24.0. The molecule has 0 saturated carbocycles. The van der Waals surface area contributed by atoms with Gasteiger partial charge in [0.1, 0.15) is 18.2 Å². The zero-order valence-electron chi connectivity index (χ0n) is 18.2. The topological polar surface area (TPSA) is 58.1 Å². The van der Waals surface area contributed by atoms with E-state index in [0.717, 1.165) is 36.5 Å². The van der Waals surface area contributed by atoms with Gasteiger partial charge in [0.2, 0.25) is 0 Å². The average Bonchev–Trinajstić information content (AvgIpc) is 2.75. The van der Waals surface area contributed by atoms with Crippen molar-refractivity contribution in [1.29, 1.82) is 0 Å². The monoisotopic (exact) mass is 416 g/mol. The maximum Gasteiger partial charge on any atom is 0.191 e. The highest BCUT2D eigenvalue weighted by Gasteiger charge is 2.02. The van der Waals surface area contributed by atoms with Crippen LogP contribution in [0.4, 0.5) is 4.39 Å². The normalized spacial score (nSPS) is 11.6. The molecule has 0 aromatic heterocycles. The minimum absolute atomic E-state index is 0.233. The first-order chi connectivity index (χ1) is 14.6. The zero-order chi connectivity index (χ0) is 21.6. The van der Waals surface area contributed by atoms with Gasteiger partial charge in [-0.2, -0.15) is 0 Å². The molecule has 0 saturated heterocycles. The van der Waals surface area contributed by atoms with Crippen molar-refractivity contribution < 1.29 is 13.9 Å². The minimum atomic E-state index is -0.233. The third-order valence-corrected chi connectivity index (χ3v) is 4.45. The van der Waals surface area contributed by atoms with Crippen LogP contribution in [0.1, 0.15) is 18.1 Å². The summed E-state index contributed by atoms with van der Waals surface area (Å²) >= 11 is 0. The molecule has 7 heteroatoms. The molecule has 0 heterocycles. The summed E-state index contributed by atoms with van der Waals surface area (Å²) in [7, 11) is 3.76. The number of hydrogen-bond donors (Lipinski definition) is 2. The van der Waals surface area contributed by atoms with Gasteiger partial charge >= 0.3 is 0 Å². The lowest BCUT2D eigenvalue weighted by Gasteiger charge is -2.16. The van der Waals surface area contributed by atoms with Crippen LogP contribution in [0.3, 0.4) is 0 Å². The number of benzene rings is 2. The Hall–Kier alpha value is -2.64. The first-order valence-electron chi connectivity index (χ1n) is 10.3. The number of rotatable bonds is 12. The Labute approximate surface area is 179 Å². The SMILES string of the molecule is CCNC(=NCc1cccc(OCCN(C)CCOC)c1)NCc1ccc(F)cc1. The number of likely N-dealkylation sites (N-methyl/N-ethyl adjacent to an activating group) is 1. The quantitative estimate of drug-likeness (QED) is 0.411. The van der Waals surface area contributed by atoms with Crippen molar-refractivity contribution in [1.82, 2.24) is 15.5 Å². The van der Waals surface area contributed by atoms with Crippen LogP contribution in [0, 0.1) is 5.82 Å². The van der Waals surface area contributed by atoms with Crippen LogP contribution in [-0.4, -0.2) is 57.9 Å². The summed E-state index contributed by atoms with van der Waals surface area (Å²) in [5, 5.41) is 6.50. The molecular weight excluding hydrogens is 383 g/mol. The van der Waals surface area contributed by atoms with Crippen LogP contribution in [-0.2, 0) is 17.8 Å². The van der Waals surface area contributed by atoms with Gasteiger partial charge in [0.25, 0.3) is 0 Å². The number of hydrogen-bond acceptors (Lipinski definition) is 4. The van der Waals surface area contributed by atoms with Gasteiger partial charge in [-0.05, 0) is 49.4 Å². The lowest BCUT2D eigenvalue weighted by Crippen LogP contribution is -2.36. The van der Waals surface area contributed by atoms with Crippen molar-refractivity contribution in [3.8, 4) is 5.75 Å². The van der Waals surface area contributed by atoms with E-state index in [1.165, 1.54) is 12.1 Å². The molecule has 6 nitrogen and oxygen atoms in total.